The predicted molar refractivity (Wildman–Crippen MR) is 65.6 cm³/mol. The molecule has 1 aliphatic rings. The molecular formula is C12H17NO2S. The van der Waals surface area contributed by atoms with Crippen LogP contribution in [-0.4, -0.2) is 27.3 Å². The first kappa shape index (κ1) is 11.5. The van der Waals surface area contributed by atoms with Gasteiger partial charge in [-0.2, -0.15) is 0 Å². The molecule has 3 nitrogen and oxygen atoms in total. The molecule has 0 N–H and O–H groups in total. The maximum Gasteiger partial charge on any atom is 0.178 e. The van der Waals surface area contributed by atoms with Gasteiger partial charge in [0.2, 0.25) is 0 Å². The van der Waals surface area contributed by atoms with E-state index in [2.05, 4.69) is 4.90 Å². The highest BCUT2D eigenvalue weighted by Gasteiger charge is 2.26. The first-order valence-corrected chi connectivity index (χ1v) is 7.25. The molecule has 0 heterocycles. The number of sulfone groups is 1. The molecule has 0 unspecified atom stereocenters. The Labute approximate surface area is 97.0 Å². The summed E-state index contributed by atoms with van der Waals surface area (Å²) in [7, 11) is -1.06. The second-order valence-corrected chi connectivity index (χ2v) is 6.52. The van der Waals surface area contributed by atoms with E-state index in [9.17, 15) is 8.42 Å². The number of rotatable bonds is 4. The van der Waals surface area contributed by atoms with Gasteiger partial charge in [0.05, 0.1) is 10.6 Å². The van der Waals surface area contributed by atoms with E-state index < -0.39 is 9.84 Å². The summed E-state index contributed by atoms with van der Waals surface area (Å²) < 4.78 is 23.5. The second-order valence-electron chi connectivity index (χ2n) is 4.24. The molecule has 1 aliphatic carbocycles. The van der Waals surface area contributed by atoms with E-state index in [1.54, 1.807) is 19.1 Å². The predicted octanol–water partition coefficient (Wildman–Crippen LogP) is 2.08. The fraction of sp³-hybridized carbons (Fsp3) is 0.500. The van der Waals surface area contributed by atoms with Gasteiger partial charge in [-0.1, -0.05) is 13.0 Å². The molecule has 0 aliphatic heterocycles. The molecule has 0 aromatic heterocycles. The van der Waals surface area contributed by atoms with E-state index in [0.29, 0.717) is 10.9 Å². The fourth-order valence-electron chi connectivity index (χ4n) is 1.74. The molecule has 1 aromatic rings. The maximum atomic E-state index is 11.7. The van der Waals surface area contributed by atoms with Crippen molar-refractivity contribution < 1.29 is 8.42 Å². The molecular weight excluding hydrogens is 222 g/mol. The van der Waals surface area contributed by atoms with E-state index in [1.165, 1.54) is 12.8 Å². The van der Waals surface area contributed by atoms with Gasteiger partial charge in [-0.25, -0.2) is 8.42 Å². The zero-order chi connectivity index (χ0) is 11.8. The van der Waals surface area contributed by atoms with Crippen molar-refractivity contribution in [2.75, 3.05) is 17.7 Å². The smallest absolute Gasteiger partial charge is 0.178 e. The molecule has 4 heteroatoms. The highest BCUT2D eigenvalue weighted by molar-refractivity contribution is 7.91. The SMILES string of the molecule is CCS(=O)(=O)c1cccc(N(C)C2CC2)c1. The number of hydrogen-bond donors (Lipinski definition) is 0. The maximum absolute atomic E-state index is 11.7. The molecule has 16 heavy (non-hydrogen) atoms. The molecule has 2 rings (SSSR count). The second kappa shape index (κ2) is 4.09. The lowest BCUT2D eigenvalue weighted by atomic mass is 10.3. The molecule has 0 radical (unpaired) electrons. The van der Waals surface area contributed by atoms with Gasteiger partial charge in [0.15, 0.2) is 9.84 Å². The molecule has 0 spiro atoms. The van der Waals surface area contributed by atoms with Crippen LogP contribution in [-0.2, 0) is 9.84 Å². The van der Waals surface area contributed by atoms with Crippen molar-refractivity contribution >= 4 is 15.5 Å². The summed E-state index contributed by atoms with van der Waals surface area (Å²) in [5, 5.41) is 0. The average molecular weight is 239 g/mol. The van der Waals surface area contributed by atoms with Crippen LogP contribution in [0.5, 0.6) is 0 Å². The minimum absolute atomic E-state index is 0.156. The summed E-state index contributed by atoms with van der Waals surface area (Å²) in [6.45, 7) is 1.67. The van der Waals surface area contributed by atoms with E-state index in [1.807, 2.05) is 19.2 Å². The van der Waals surface area contributed by atoms with Crippen LogP contribution < -0.4 is 4.90 Å². The van der Waals surface area contributed by atoms with Crippen molar-refractivity contribution in [2.24, 2.45) is 0 Å². The normalized spacial score (nSPS) is 16.1. The van der Waals surface area contributed by atoms with Gasteiger partial charge in [-0.15, -0.1) is 0 Å². The number of nitrogens with zero attached hydrogens (tertiary/aromatic N) is 1. The topological polar surface area (TPSA) is 37.4 Å². The van der Waals surface area contributed by atoms with Crippen molar-refractivity contribution in [3.63, 3.8) is 0 Å². The van der Waals surface area contributed by atoms with Gasteiger partial charge in [0.25, 0.3) is 0 Å². The third-order valence-corrected chi connectivity index (χ3v) is 4.79. The lowest BCUT2D eigenvalue weighted by molar-refractivity contribution is 0.597. The minimum Gasteiger partial charge on any atom is -0.372 e. The summed E-state index contributed by atoms with van der Waals surface area (Å²) in [6.07, 6.45) is 2.42. The van der Waals surface area contributed by atoms with E-state index in [0.717, 1.165) is 5.69 Å². The van der Waals surface area contributed by atoms with Gasteiger partial charge >= 0.3 is 0 Å². The number of hydrogen-bond acceptors (Lipinski definition) is 3. The fourth-order valence-corrected chi connectivity index (χ4v) is 2.66. The van der Waals surface area contributed by atoms with Crippen molar-refractivity contribution in [2.45, 2.75) is 30.7 Å². The van der Waals surface area contributed by atoms with Gasteiger partial charge in [-0.05, 0) is 31.0 Å². The Hall–Kier alpha value is -1.03. The molecule has 1 fully saturated rings. The van der Waals surface area contributed by atoms with Crippen LogP contribution in [0.2, 0.25) is 0 Å². The number of benzene rings is 1. The van der Waals surface area contributed by atoms with E-state index >= 15 is 0 Å². The molecule has 0 amide bonds. The van der Waals surface area contributed by atoms with Crippen molar-refractivity contribution in [1.82, 2.24) is 0 Å². The summed E-state index contributed by atoms with van der Waals surface area (Å²) in [5.74, 6) is 0.156. The molecule has 0 saturated heterocycles. The van der Waals surface area contributed by atoms with Crippen molar-refractivity contribution in [3.8, 4) is 0 Å². The first-order chi connectivity index (χ1) is 7.54. The van der Waals surface area contributed by atoms with Gasteiger partial charge in [0, 0.05) is 18.8 Å². The Morgan fingerprint density at radius 1 is 1.38 bits per heavy atom. The van der Waals surface area contributed by atoms with Crippen LogP contribution >= 0.6 is 0 Å². The Morgan fingerprint density at radius 3 is 2.62 bits per heavy atom. The average Bonchev–Trinajstić information content (AvgIpc) is 3.12. The third-order valence-electron chi connectivity index (χ3n) is 3.06. The van der Waals surface area contributed by atoms with Crippen LogP contribution in [0.15, 0.2) is 29.2 Å². The van der Waals surface area contributed by atoms with Crippen LogP contribution in [0.1, 0.15) is 19.8 Å². The monoisotopic (exact) mass is 239 g/mol. The van der Waals surface area contributed by atoms with E-state index in [4.69, 9.17) is 0 Å². The number of anilines is 1. The van der Waals surface area contributed by atoms with Crippen LogP contribution in [0.25, 0.3) is 0 Å². The molecule has 0 atom stereocenters. The van der Waals surface area contributed by atoms with Crippen LogP contribution in [0.3, 0.4) is 0 Å². The Morgan fingerprint density at radius 2 is 2.06 bits per heavy atom. The zero-order valence-corrected chi connectivity index (χ0v) is 10.5. The molecule has 1 aromatic carbocycles. The molecule has 0 bridgehead atoms. The van der Waals surface area contributed by atoms with E-state index in [-0.39, 0.29) is 5.75 Å². The Bertz CT molecular complexity index is 478. The summed E-state index contributed by atoms with van der Waals surface area (Å²) in [6, 6.07) is 7.82. The summed E-state index contributed by atoms with van der Waals surface area (Å²) >= 11 is 0. The highest BCUT2D eigenvalue weighted by Crippen LogP contribution is 2.31. The Balaban J connectivity index is 2.32. The summed E-state index contributed by atoms with van der Waals surface area (Å²) in [5.41, 5.74) is 0.997. The van der Waals surface area contributed by atoms with Crippen LogP contribution in [0.4, 0.5) is 5.69 Å². The third kappa shape index (κ3) is 2.21. The minimum atomic E-state index is -3.09. The molecule has 1 saturated carbocycles. The highest BCUT2D eigenvalue weighted by atomic mass is 32.2. The quantitative estimate of drug-likeness (QED) is 0.807. The summed E-state index contributed by atoms with van der Waals surface area (Å²) in [4.78, 5) is 2.59. The Kier molecular flexibility index (Phi) is 2.93. The van der Waals surface area contributed by atoms with Crippen molar-refractivity contribution in [3.05, 3.63) is 24.3 Å². The molecule has 88 valence electrons. The van der Waals surface area contributed by atoms with Crippen molar-refractivity contribution in [1.29, 1.82) is 0 Å². The van der Waals surface area contributed by atoms with Crippen LogP contribution in [0, 0.1) is 0 Å². The van der Waals surface area contributed by atoms with Gasteiger partial charge in [0.1, 0.15) is 0 Å². The zero-order valence-electron chi connectivity index (χ0n) is 9.68. The lowest BCUT2D eigenvalue weighted by Crippen LogP contribution is -2.19. The lowest BCUT2D eigenvalue weighted by Gasteiger charge is -2.19. The standard InChI is InChI=1S/C12H17NO2S/c1-3-16(14,15)12-6-4-5-11(9-12)13(2)10-7-8-10/h4-6,9-10H,3,7-8H2,1-2H3. The largest absolute Gasteiger partial charge is 0.372 e. The first-order valence-electron chi connectivity index (χ1n) is 5.60. The van der Waals surface area contributed by atoms with Gasteiger partial charge < -0.3 is 4.90 Å². The van der Waals surface area contributed by atoms with Gasteiger partial charge in [-0.3, -0.25) is 0 Å².